The summed E-state index contributed by atoms with van der Waals surface area (Å²) < 4.78 is 14.3. The molecule has 2 N–H and O–H groups in total. The highest BCUT2D eigenvalue weighted by Crippen LogP contribution is 2.24. The molecule has 0 aliphatic carbocycles. The van der Waals surface area contributed by atoms with E-state index in [1.54, 1.807) is 13.0 Å². The predicted molar refractivity (Wildman–Crippen MR) is 63.4 cm³/mol. The van der Waals surface area contributed by atoms with Gasteiger partial charge in [-0.25, -0.2) is 14.2 Å². The summed E-state index contributed by atoms with van der Waals surface area (Å²) in [5.74, 6) is -1.39. The molecule has 0 unspecified atom stereocenters. The second kappa shape index (κ2) is 4.29. The number of benzene rings is 1. The lowest BCUT2D eigenvalue weighted by Gasteiger charge is -1.99. The van der Waals surface area contributed by atoms with E-state index in [1.165, 1.54) is 12.1 Å². The number of aromatic carboxylic acids is 1. The maximum atomic E-state index is 13.6. The normalized spacial score (nSPS) is 10.5. The molecule has 4 nitrogen and oxygen atoms in total. The van der Waals surface area contributed by atoms with Crippen LogP contribution in [0.2, 0.25) is 0 Å². The fourth-order valence-corrected chi connectivity index (χ4v) is 1.81. The van der Waals surface area contributed by atoms with E-state index in [1.807, 2.05) is 0 Å². The zero-order valence-electron chi connectivity index (χ0n) is 8.79. The Morgan fingerprint density at radius 3 is 2.76 bits per heavy atom. The molecule has 1 heterocycles. The van der Waals surface area contributed by atoms with E-state index in [2.05, 4.69) is 25.9 Å². The largest absolute Gasteiger partial charge is 0.476 e. The van der Waals surface area contributed by atoms with Crippen molar-refractivity contribution in [2.45, 2.75) is 6.92 Å². The zero-order valence-corrected chi connectivity index (χ0v) is 10.4. The molecule has 0 aliphatic rings. The molecule has 2 aromatic rings. The highest BCUT2D eigenvalue weighted by Gasteiger charge is 2.16. The summed E-state index contributed by atoms with van der Waals surface area (Å²) in [6.45, 7) is 1.58. The van der Waals surface area contributed by atoms with Gasteiger partial charge in [0.1, 0.15) is 11.6 Å². The van der Waals surface area contributed by atoms with Gasteiger partial charge >= 0.3 is 5.97 Å². The molecule has 1 aromatic carbocycles. The van der Waals surface area contributed by atoms with Crippen molar-refractivity contribution in [1.82, 2.24) is 9.97 Å². The summed E-state index contributed by atoms with van der Waals surface area (Å²) in [5, 5.41) is 8.86. The van der Waals surface area contributed by atoms with Gasteiger partial charge in [-0.1, -0.05) is 15.9 Å². The summed E-state index contributed by atoms with van der Waals surface area (Å²) in [6.07, 6.45) is 0. The Labute approximate surface area is 105 Å². The average molecular weight is 299 g/mol. The zero-order chi connectivity index (χ0) is 12.6. The number of hydrogen-bond donors (Lipinski definition) is 2. The number of aromatic amines is 1. The third-order valence-electron chi connectivity index (χ3n) is 2.27. The summed E-state index contributed by atoms with van der Waals surface area (Å²) in [6, 6.07) is 4.49. The van der Waals surface area contributed by atoms with Crippen molar-refractivity contribution in [2.24, 2.45) is 0 Å². The van der Waals surface area contributed by atoms with Crippen LogP contribution in [0.25, 0.3) is 11.4 Å². The quantitative estimate of drug-likeness (QED) is 0.896. The molecule has 88 valence electrons. The van der Waals surface area contributed by atoms with Crippen LogP contribution in [0.4, 0.5) is 4.39 Å². The van der Waals surface area contributed by atoms with Crippen molar-refractivity contribution in [1.29, 1.82) is 0 Å². The fraction of sp³-hybridized carbons (Fsp3) is 0.0909. The summed E-state index contributed by atoms with van der Waals surface area (Å²) in [5.41, 5.74) is 0.543. The number of carboxylic acids is 1. The molecular formula is C11H8BrFN2O2. The number of carboxylic acid groups (broad SMARTS) is 1. The number of carbonyl (C=O) groups is 1. The molecule has 0 spiro atoms. The molecule has 17 heavy (non-hydrogen) atoms. The number of nitrogens with zero attached hydrogens (tertiary/aromatic N) is 1. The first kappa shape index (κ1) is 11.8. The van der Waals surface area contributed by atoms with Gasteiger partial charge in [0.15, 0.2) is 5.69 Å². The van der Waals surface area contributed by atoms with Crippen molar-refractivity contribution in [2.75, 3.05) is 0 Å². The molecule has 0 fully saturated rings. The van der Waals surface area contributed by atoms with Gasteiger partial charge in [-0.05, 0) is 25.1 Å². The van der Waals surface area contributed by atoms with Crippen LogP contribution in [0.15, 0.2) is 22.7 Å². The molecule has 0 radical (unpaired) electrons. The number of hydrogen-bond acceptors (Lipinski definition) is 2. The molecule has 2 rings (SSSR count). The van der Waals surface area contributed by atoms with E-state index in [-0.39, 0.29) is 17.1 Å². The minimum Gasteiger partial charge on any atom is -0.476 e. The van der Waals surface area contributed by atoms with Crippen LogP contribution in [0.3, 0.4) is 0 Å². The second-order valence-electron chi connectivity index (χ2n) is 3.49. The minimum atomic E-state index is -1.14. The first-order chi connectivity index (χ1) is 7.99. The second-order valence-corrected chi connectivity index (χ2v) is 4.40. The van der Waals surface area contributed by atoms with E-state index in [9.17, 15) is 9.18 Å². The lowest BCUT2D eigenvalue weighted by atomic mass is 10.2. The van der Waals surface area contributed by atoms with Crippen LogP contribution < -0.4 is 0 Å². The number of rotatable bonds is 2. The van der Waals surface area contributed by atoms with Crippen LogP contribution in [0, 0.1) is 12.7 Å². The Kier molecular flexibility index (Phi) is 2.97. The van der Waals surface area contributed by atoms with Gasteiger partial charge in [0.25, 0.3) is 0 Å². The number of aryl methyl sites for hydroxylation is 1. The molecule has 1 aromatic heterocycles. The molecule has 0 bridgehead atoms. The van der Waals surface area contributed by atoms with Crippen LogP contribution in [-0.4, -0.2) is 21.0 Å². The number of imidazole rings is 1. The highest BCUT2D eigenvalue weighted by atomic mass is 79.9. The van der Waals surface area contributed by atoms with Crippen LogP contribution >= 0.6 is 15.9 Å². The van der Waals surface area contributed by atoms with E-state index >= 15 is 0 Å². The monoisotopic (exact) mass is 298 g/mol. The Morgan fingerprint density at radius 2 is 2.24 bits per heavy atom. The summed E-state index contributed by atoms with van der Waals surface area (Å²) in [4.78, 5) is 17.4. The average Bonchev–Trinajstić information content (AvgIpc) is 2.60. The Morgan fingerprint density at radius 1 is 1.53 bits per heavy atom. The van der Waals surface area contributed by atoms with Crippen LogP contribution in [-0.2, 0) is 0 Å². The minimum absolute atomic E-state index is 0.0951. The molecule has 6 heteroatoms. The SMILES string of the molecule is Cc1[nH]c(-c2ccc(Br)cc2F)nc1C(=O)O. The van der Waals surface area contributed by atoms with Gasteiger partial charge < -0.3 is 10.1 Å². The fourth-order valence-electron chi connectivity index (χ4n) is 1.48. The third kappa shape index (κ3) is 2.21. The molecule has 0 aliphatic heterocycles. The van der Waals surface area contributed by atoms with Crippen molar-refractivity contribution in [3.8, 4) is 11.4 Å². The smallest absolute Gasteiger partial charge is 0.356 e. The standard InChI is InChI=1S/C11H8BrFN2O2/c1-5-9(11(16)17)15-10(14-5)7-3-2-6(12)4-8(7)13/h2-4H,1H3,(H,14,15)(H,16,17). The van der Waals surface area contributed by atoms with Crippen molar-refractivity contribution >= 4 is 21.9 Å². The lowest BCUT2D eigenvalue weighted by molar-refractivity contribution is 0.0690. The van der Waals surface area contributed by atoms with Gasteiger partial charge in [-0.3, -0.25) is 0 Å². The summed E-state index contributed by atoms with van der Waals surface area (Å²) in [7, 11) is 0. The predicted octanol–water partition coefficient (Wildman–Crippen LogP) is 2.98. The maximum Gasteiger partial charge on any atom is 0.356 e. The first-order valence-electron chi connectivity index (χ1n) is 4.74. The highest BCUT2D eigenvalue weighted by molar-refractivity contribution is 9.10. The number of H-pyrrole nitrogens is 1. The van der Waals surface area contributed by atoms with Gasteiger partial charge in [0, 0.05) is 10.2 Å². The topological polar surface area (TPSA) is 66.0 Å². The lowest BCUT2D eigenvalue weighted by Crippen LogP contribution is -1.98. The van der Waals surface area contributed by atoms with E-state index in [4.69, 9.17) is 5.11 Å². The van der Waals surface area contributed by atoms with Crippen LogP contribution in [0.5, 0.6) is 0 Å². The number of halogens is 2. The van der Waals surface area contributed by atoms with Crippen molar-refractivity contribution < 1.29 is 14.3 Å². The van der Waals surface area contributed by atoms with Gasteiger partial charge in [-0.2, -0.15) is 0 Å². The van der Waals surface area contributed by atoms with Gasteiger partial charge in [-0.15, -0.1) is 0 Å². The maximum absolute atomic E-state index is 13.6. The van der Waals surface area contributed by atoms with E-state index < -0.39 is 11.8 Å². The van der Waals surface area contributed by atoms with Crippen molar-refractivity contribution in [3.63, 3.8) is 0 Å². The molecule has 0 atom stereocenters. The third-order valence-corrected chi connectivity index (χ3v) is 2.77. The molecule has 0 saturated heterocycles. The number of aromatic nitrogens is 2. The Balaban J connectivity index is 2.53. The molecule has 0 saturated carbocycles. The first-order valence-corrected chi connectivity index (χ1v) is 5.53. The van der Waals surface area contributed by atoms with E-state index in [0.717, 1.165) is 0 Å². The van der Waals surface area contributed by atoms with Crippen molar-refractivity contribution in [3.05, 3.63) is 39.9 Å². The Bertz CT molecular complexity index is 595. The van der Waals surface area contributed by atoms with Gasteiger partial charge in [0.2, 0.25) is 0 Å². The number of nitrogens with one attached hydrogen (secondary N) is 1. The summed E-state index contributed by atoms with van der Waals surface area (Å²) >= 11 is 3.15. The van der Waals surface area contributed by atoms with E-state index in [0.29, 0.717) is 10.2 Å². The molecular weight excluding hydrogens is 291 g/mol. The Hall–Kier alpha value is -1.69. The van der Waals surface area contributed by atoms with Gasteiger partial charge in [0.05, 0.1) is 5.56 Å². The van der Waals surface area contributed by atoms with Crippen LogP contribution in [0.1, 0.15) is 16.2 Å². The molecule has 0 amide bonds.